The molecule has 1 aliphatic rings. The van der Waals surface area contributed by atoms with Crippen molar-refractivity contribution in [2.75, 3.05) is 7.11 Å². The highest BCUT2D eigenvalue weighted by Crippen LogP contribution is 2.33. The highest BCUT2D eigenvalue weighted by molar-refractivity contribution is 5.51. The zero-order valence-corrected chi connectivity index (χ0v) is 12.0. The van der Waals surface area contributed by atoms with Crippen LogP contribution in [0, 0.1) is 5.92 Å². The van der Waals surface area contributed by atoms with Crippen LogP contribution in [0.25, 0.3) is 6.08 Å². The molecule has 0 radical (unpaired) electrons. The topological polar surface area (TPSA) is 18.5 Å². The third-order valence-electron chi connectivity index (χ3n) is 3.63. The summed E-state index contributed by atoms with van der Waals surface area (Å²) in [4.78, 5) is 0. The zero-order chi connectivity index (χ0) is 14.5. The average Bonchev–Trinajstić information content (AvgIpc) is 3.03. The van der Waals surface area contributed by atoms with Gasteiger partial charge in [-0.05, 0) is 29.3 Å². The van der Waals surface area contributed by atoms with Crippen LogP contribution in [0.1, 0.15) is 17.2 Å². The van der Waals surface area contributed by atoms with E-state index < -0.39 is 0 Å². The van der Waals surface area contributed by atoms with E-state index >= 15 is 0 Å². The first kappa shape index (κ1) is 13.5. The molecule has 0 aliphatic carbocycles. The SMILES string of the molecule is COc1ccc(/C=C/[C@@H]2C=CO[C@@H]2c2ccccc2)cc1. The first-order valence-electron chi connectivity index (χ1n) is 7.06. The van der Waals surface area contributed by atoms with Crippen LogP contribution in [-0.4, -0.2) is 7.11 Å². The van der Waals surface area contributed by atoms with Crippen molar-refractivity contribution in [2.45, 2.75) is 6.10 Å². The second-order valence-corrected chi connectivity index (χ2v) is 5.01. The van der Waals surface area contributed by atoms with E-state index in [4.69, 9.17) is 9.47 Å². The minimum atomic E-state index is 0.0701. The first-order chi connectivity index (χ1) is 10.4. The standard InChI is InChI=1S/C19H18O2/c1-20-18-11-8-15(9-12-18)7-10-17-13-14-21-19(17)16-5-3-2-4-6-16/h2-14,17,19H,1H3/b10-7+/t17-,19-/m1/s1. The molecule has 3 rings (SSSR count). The van der Waals surface area contributed by atoms with Crippen LogP contribution in [-0.2, 0) is 4.74 Å². The smallest absolute Gasteiger partial charge is 0.133 e. The molecule has 2 nitrogen and oxygen atoms in total. The Labute approximate surface area is 125 Å². The molecule has 0 unspecified atom stereocenters. The maximum absolute atomic E-state index is 5.72. The van der Waals surface area contributed by atoms with Gasteiger partial charge in [0.25, 0.3) is 0 Å². The second kappa shape index (κ2) is 6.31. The minimum absolute atomic E-state index is 0.0701. The van der Waals surface area contributed by atoms with Crippen molar-refractivity contribution in [2.24, 2.45) is 5.92 Å². The summed E-state index contributed by atoms with van der Waals surface area (Å²) in [5.74, 6) is 1.13. The van der Waals surface area contributed by atoms with Gasteiger partial charge in [-0.2, -0.15) is 0 Å². The normalized spacial score (nSPS) is 20.6. The fourth-order valence-electron chi connectivity index (χ4n) is 2.46. The van der Waals surface area contributed by atoms with Crippen LogP contribution >= 0.6 is 0 Å². The molecule has 1 heterocycles. The van der Waals surface area contributed by atoms with E-state index in [9.17, 15) is 0 Å². The Morgan fingerprint density at radius 2 is 1.76 bits per heavy atom. The summed E-state index contributed by atoms with van der Waals surface area (Å²) in [6.45, 7) is 0. The van der Waals surface area contributed by atoms with E-state index in [2.05, 4.69) is 30.4 Å². The summed E-state index contributed by atoms with van der Waals surface area (Å²) in [5.41, 5.74) is 2.36. The van der Waals surface area contributed by atoms with E-state index in [1.807, 2.05) is 42.5 Å². The van der Waals surface area contributed by atoms with Gasteiger partial charge in [-0.25, -0.2) is 0 Å². The fraction of sp³-hybridized carbons (Fsp3) is 0.158. The van der Waals surface area contributed by atoms with E-state index in [0.29, 0.717) is 0 Å². The van der Waals surface area contributed by atoms with E-state index in [1.165, 1.54) is 5.56 Å². The number of benzene rings is 2. The number of rotatable bonds is 4. The van der Waals surface area contributed by atoms with Crippen LogP contribution < -0.4 is 4.74 Å². The minimum Gasteiger partial charge on any atom is -0.497 e. The fourth-order valence-corrected chi connectivity index (χ4v) is 2.46. The molecular weight excluding hydrogens is 260 g/mol. The summed E-state index contributed by atoms with van der Waals surface area (Å²) in [5, 5.41) is 0. The summed E-state index contributed by atoms with van der Waals surface area (Å²) in [6.07, 6.45) is 8.26. The number of ether oxygens (including phenoxy) is 2. The van der Waals surface area contributed by atoms with Crippen molar-refractivity contribution in [3.8, 4) is 5.75 Å². The molecule has 1 aliphatic heterocycles. The summed E-state index contributed by atoms with van der Waals surface area (Å²) in [7, 11) is 1.68. The molecule has 0 bridgehead atoms. The number of hydrogen-bond acceptors (Lipinski definition) is 2. The van der Waals surface area contributed by atoms with Gasteiger partial charge in [-0.3, -0.25) is 0 Å². The van der Waals surface area contributed by atoms with Crippen LogP contribution in [0.15, 0.2) is 73.0 Å². The van der Waals surface area contributed by atoms with Gasteiger partial charge in [0.05, 0.1) is 13.4 Å². The largest absolute Gasteiger partial charge is 0.497 e. The van der Waals surface area contributed by atoms with Crippen molar-refractivity contribution in [3.63, 3.8) is 0 Å². The Morgan fingerprint density at radius 1 is 1.00 bits per heavy atom. The molecule has 106 valence electrons. The Balaban J connectivity index is 1.73. The maximum Gasteiger partial charge on any atom is 0.133 e. The molecule has 2 aromatic rings. The predicted octanol–water partition coefficient (Wildman–Crippen LogP) is 4.61. The quantitative estimate of drug-likeness (QED) is 0.813. The molecule has 0 N–H and O–H groups in total. The third kappa shape index (κ3) is 3.16. The van der Waals surface area contributed by atoms with Gasteiger partial charge >= 0.3 is 0 Å². The van der Waals surface area contributed by atoms with Gasteiger partial charge in [0.1, 0.15) is 11.9 Å². The van der Waals surface area contributed by atoms with Crippen LogP contribution in [0.3, 0.4) is 0 Å². The lowest BCUT2D eigenvalue weighted by molar-refractivity contribution is 0.151. The Bertz CT molecular complexity index is 626. The molecule has 0 saturated carbocycles. The number of methoxy groups -OCH3 is 1. The monoisotopic (exact) mass is 278 g/mol. The van der Waals surface area contributed by atoms with Gasteiger partial charge in [0, 0.05) is 5.92 Å². The lowest BCUT2D eigenvalue weighted by atomic mass is 9.96. The van der Waals surface area contributed by atoms with Crippen LogP contribution in [0.4, 0.5) is 0 Å². The highest BCUT2D eigenvalue weighted by atomic mass is 16.5. The number of hydrogen-bond donors (Lipinski definition) is 0. The molecular formula is C19H18O2. The Hall–Kier alpha value is -2.48. The van der Waals surface area contributed by atoms with Gasteiger partial charge in [-0.1, -0.05) is 54.6 Å². The zero-order valence-electron chi connectivity index (χ0n) is 12.0. The molecule has 0 amide bonds. The summed E-state index contributed by atoms with van der Waals surface area (Å²) >= 11 is 0. The Kier molecular flexibility index (Phi) is 4.06. The van der Waals surface area contributed by atoms with Crippen LogP contribution in [0.2, 0.25) is 0 Å². The molecule has 0 spiro atoms. The molecule has 0 fully saturated rings. The Morgan fingerprint density at radius 3 is 2.48 bits per heavy atom. The lowest BCUT2D eigenvalue weighted by Gasteiger charge is -2.16. The highest BCUT2D eigenvalue weighted by Gasteiger charge is 2.23. The van der Waals surface area contributed by atoms with Gasteiger partial charge < -0.3 is 9.47 Å². The van der Waals surface area contributed by atoms with E-state index in [0.717, 1.165) is 11.3 Å². The summed E-state index contributed by atoms with van der Waals surface area (Å²) in [6, 6.07) is 18.3. The predicted molar refractivity (Wildman–Crippen MR) is 84.9 cm³/mol. The molecule has 21 heavy (non-hydrogen) atoms. The molecule has 2 aromatic carbocycles. The molecule has 0 saturated heterocycles. The molecule has 0 aromatic heterocycles. The van der Waals surface area contributed by atoms with Crippen molar-refractivity contribution < 1.29 is 9.47 Å². The first-order valence-corrected chi connectivity index (χ1v) is 7.06. The lowest BCUT2D eigenvalue weighted by Crippen LogP contribution is -2.05. The molecule has 2 atom stereocenters. The second-order valence-electron chi connectivity index (χ2n) is 5.01. The van der Waals surface area contributed by atoms with Gasteiger partial charge in [-0.15, -0.1) is 0 Å². The van der Waals surface area contributed by atoms with Gasteiger partial charge in [0.15, 0.2) is 0 Å². The van der Waals surface area contributed by atoms with Crippen LogP contribution in [0.5, 0.6) is 5.75 Å². The van der Waals surface area contributed by atoms with Gasteiger partial charge in [0.2, 0.25) is 0 Å². The van der Waals surface area contributed by atoms with Crippen molar-refractivity contribution >= 4 is 6.08 Å². The van der Waals surface area contributed by atoms with Crippen molar-refractivity contribution in [1.29, 1.82) is 0 Å². The van der Waals surface area contributed by atoms with Crippen molar-refractivity contribution in [3.05, 3.63) is 84.1 Å². The van der Waals surface area contributed by atoms with E-state index in [-0.39, 0.29) is 12.0 Å². The van der Waals surface area contributed by atoms with Crippen molar-refractivity contribution in [1.82, 2.24) is 0 Å². The van der Waals surface area contributed by atoms with E-state index in [1.54, 1.807) is 13.4 Å². The summed E-state index contributed by atoms with van der Waals surface area (Å²) < 4.78 is 10.9. The molecule has 2 heteroatoms. The average molecular weight is 278 g/mol. The maximum atomic E-state index is 5.72. The third-order valence-corrected chi connectivity index (χ3v) is 3.63.